The van der Waals surface area contributed by atoms with Gasteiger partial charge >= 0.3 is 11.9 Å². The van der Waals surface area contributed by atoms with Gasteiger partial charge in [-0.1, -0.05) is 0 Å². The van der Waals surface area contributed by atoms with E-state index in [1.807, 2.05) is 0 Å². The average Bonchev–Trinajstić information content (AvgIpc) is 2.53. The van der Waals surface area contributed by atoms with Gasteiger partial charge in [0.2, 0.25) is 0 Å². The predicted octanol–water partition coefficient (Wildman–Crippen LogP) is 1.37. The molecule has 1 aliphatic carbocycles. The molecule has 1 aliphatic rings. The van der Waals surface area contributed by atoms with Gasteiger partial charge < -0.3 is 14.6 Å². The zero-order chi connectivity index (χ0) is 17.0. The number of methoxy groups -OCH3 is 1. The minimum Gasteiger partial charge on any atom is -0.466 e. The van der Waals surface area contributed by atoms with Crippen LogP contribution in [-0.2, 0) is 14.3 Å². The van der Waals surface area contributed by atoms with E-state index in [1.54, 1.807) is 0 Å². The van der Waals surface area contributed by atoms with Gasteiger partial charge in [0.25, 0.3) is 5.69 Å². The molecule has 2 atom stereocenters. The maximum absolute atomic E-state index is 12.0. The minimum absolute atomic E-state index is 0.137. The van der Waals surface area contributed by atoms with Crippen LogP contribution in [0.1, 0.15) is 23.2 Å². The molecule has 0 aromatic heterocycles. The number of hydrogen-bond donors (Lipinski definition) is 1. The fourth-order valence-corrected chi connectivity index (χ4v) is 2.26. The summed E-state index contributed by atoms with van der Waals surface area (Å²) in [6.45, 7) is 0. The lowest BCUT2D eigenvalue weighted by atomic mass is 9.95. The van der Waals surface area contributed by atoms with Crippen LogP contribution in [0, 0.1) is 10.1 Å². The number of nitro benzene ring substituents is 1. The Morgan fingerprint density at radius 1 is 1.26 bits per heavy atom. The number of carbonyl (C=O) groups excluding carboxylic acids is 2. The molecule has 2 rings (SSSR count). The standard InChI is InChI=1S/C15H15NO7/c1-22-14(18)10-6-12(17)8-13(7-10)23-15(19)9-2-4-11(5-3-9)16(20)21/h2-5,7,12-13,17H,6,8H2,1H3/t12-,13-/m1/s1. The molecule has 0 bridgehead atoms. The first-order valence-corrected chi connectivity index (χ1v) is 6.83. The molecule has 1 aromatic rings. The highest BCUT2D eigenvalue weighted by molar-refractivity contribution is 5.91. The van der Waals surface area contributed by atoms with Gasteiger partial charge in [-0.3, -0.25) is 10.1 Å². The number of carbonyl (C=O) groups is 2. The highest BCUT2D eigenvalue weighted by atomic mass is 16.6. The normalized spacial score (nSPS) is 20.3. The Morgan fingerprint density at radius 3 is 2.48 bits per heavy atom. The van der Waals surface area contributed by atoms with Crippen LogP contribution < -0.4 is 0 Å². The number of nitrogens with zero attached hydrogens (tertiary/aromatic N) is 1. The molecule has 0 saturated carbocycles. The van der Waals surface area contributed by atoms with Crippen molar-refractivity contribution in [1.29, 1.82) is 0 Å². The number of esters is 2. The first-order chi connectivity index (χ1) is 10.9. The molecule has 8 heteroatoms. The second-order valence-electron chi connectivity index (χ2n) is 5.02. The molecule has 122 valence electrons. The molecule has 0 spiro atoms. The van der Waals surface area contributed by atoms with Crippen molar-refractivity contribution in [2.45, 2.75) is 25.0 Å². The summed E-state index contributed by atoms with van der Waals surface area (Å²) < 4.78 is 9.81. The van der Waals surface area contributed by atoms with Crippen LogP contribution in [0.15, 0.2) is 35.9 Å². The molecule has 1 N–H and O–H groups in total. The summed E-state index contributed by atoms with van der Waals surface area (Å²) >= 11 is 0. The Balaban J connectivity index is 2.09. The Hall–Kier alpha value is -2.74. The molecule has 0 amide bonds. The fourth-order valence-electron chi connectivity index (χ4n) is 2.26. The van der Waals surface area contributed by atoms with E-state index in [1.165, 1.54) is 37.5 Å². The molecule has 23 heavy (non-hydrogen) atoms. The van der Waals surface area contributed by atoms with Gasteiger partial charge in [0.05, 0.1) is 23.7 Å². The number of non-ortho nitro benzene ring substituents is 1. The van der Waals surface area contributed by atoms with Gasteiger partial charge in [0.15, 0.2) is 0 Å². The van der Waals surface area contributed by atoms with E-state index >= 15 is 0 Å². The maximum atomic E-state index is 12.0. The summed E-state index contributed by atoms with van der Waals surface area (Å²) in [5.41, 5.74) is 0.249. The summed E-state index contributed by atoms with van der Waals surface area (Å²) in [6, 6.07) is 4.96. The third-order valence-electron chi connectivity index (χ3n) is 3.37. The molecule has 1 aromatic carbocycles. The van der Waals surface area contributed by atoms with Gasteiger partial charge in [0, 0.05) is 30.5 Å². The molecule has 0 fully saturated rings. The topological polar surface area (TPSA) is 116 Å². The van der Waals surface area contributed by atoms with Crippen molar-refractivity contribution < 1.29 is 29.1 Å². The van der Waals surface area contributed by atoms with E-state index in [0.717, 1.165) is 0 Å². The first-order valence-electron chi connectivity index (χ1n) is 6.83. The molecular weight excluding hydrogens is 306 g/mol. The summed E-state index contributed by atoms with van der Waals surface area (Å²) in [5.74, 6) is -1.28. The molecular formula is C15H15NO7. The Morgan fingerprint density at radius 2 is 1.91 bits per heavy atom. The Labute approximate surface area is 131 Å². The minimum atomic E-state index is -0.816. The van der Waals surface area contributed by atoms with Crippen molar-refractivity contribution in [3.63, 3.8) is 0 Å². The van der Waals surface area contributed by atoms with Crippen LogP contribution in [0.25, 0.3) is 0 Å². The van der Waals surface area contributed by atoms with Crippen LogP contribution >= 0.6 is 0 Å². The SMILES string of the molecule is COC(=O)C1=C[C@@H](OC(=O)c2ccc([N+](=O)[O-])cc2)C[C@H](O)C1. The highest BCUT2D eigenvalue weighted by Gasteiger charge is 2.27. The number of ether oxygens (including phenoxy) is 2. The van der Waals surface area contributed by atoms with Crippen LogP contribution in [0.5, 0.6) is 0 Å². The van der Waals surface area contributed by atoms with Crippen molar-refractivity contribution in [2.75, 3.05) is 7.11 Å². The van der Waals surface area contributed by atoms with Crippen LogP contribution in [-0.4, -0.2) is 41.3 Å². The molecule has 0 aliphatic heterocycles. The monoisotopic (exact) mass is 321 g/mol. The maximum Gasteiger partial charge on any atom is 0.338 e. The zero-order valence-corrected chi connectivity index (χ0v) is 12.3. The second-order valence-corrected chi connectivity index (χ2v) is 5.02. The van der Waals surface area contributed by atoms with Crippen LogP contribution in [0.3, 0.4) is 0 Å². The van der Waals surface area contributed by atoms with Crippen LogP contribution in [0.2, 0.25) is 0 Å². The van der Waals surface area contributed by atoms with Crippen molar-refractivity contribution in [1.82, 2.24) is 0 Å². The first kappa shape index (κ1) is 16.6. The van der Waals surface area contributed by atoms with Gasteiger partial charge in [-0.2, -0.15) is 0 Å². The Kier molecular flexibility index (Phi) is 5.07. The van der Waals surface area contributed by atoms with E-state index in [9.17, 15) is 24.8 Å². The van der Waals surface area contributed by atoms with Gasteiger partial charge in [-0.15, -0.1) is 0 Å². The number of benzene rings is 1. The third kappa shape index (κ3) is 4.13. The lowest BCUT2D eigenvalue weighted by Crippen LogP contribution is -2.29. The van der Waals surface area contributed by atoms with E-state index in [2.05, 4.69) is 4.74 Å². The molecule has 0 unspecified atom stereocenters. The van der Waals surface area contributed by atoms with Gasteiger partial charge in [0.1, 0.15) is 6.10 Å². The average molecular weight is 321 g/mol. The summed E-state index contributed by atoms with van der Waals surface area (Å²) in [6.07, 6.45) is 0.165. The molecule has 8 nitrogen and oxygen atoms in total. The van der Waals surface area contributed by atoms with E-state index in [-0.39, 0.29) is 29.7 Å². The van der Waals surface area contributed by atoms with Gasteiger partial charge in [-0.05, 0) is 18.2 Å². The number of aliphatic hydroxyl groups is 1. The van der Waals surface area contributed by atoms with Crippen molar-refractivity contribution in [3.8, 4) is 0 Å². The highest BCUT2D eigenvalue weighted by Crippen LogP contribution is 2.23. The quantitative estimate of drug-likeness (QED) is 0.506. The number of nitro groups is 1. The zero-order valence-electron chi connectivity index (χ0n) is 12.3. The fraction of sp³-hybridized carbons (Fsp3) is 0.333. The third-order valence-corrected chi connectivity index (χ3v) is 3.37. The van der Waals surface area contributed by atoms with E-state index in [0.29, 0.717) is 0 Å². The largest absolute Gasteiger partial charge is 0.466 e. The molecule has 0 radical (unpaired) electrons. The van der Waals surface area contributed by atoms with Crippen molar-refractivity contribution in [2.24, 2.45) is 0 Å². The number of aliphatic hydroxyl groups excluding tert-OH is 1. The smallest absolute Gasteiger partial charge is 0.338 e. The van der Waals surface area contributed by atoms with Gasteiger partial charge in [-0.25, -0.2) is 9.59 Å². The van der Waals surface area contributed by atoms with Crippen LogP contribution in [0.4, 0.5) is 5.69 Å². The number of rotatable bonds is 4. The summed E-state index contributed by atoms with van der Waals surface area (Å²) in [5, 5.41) is 20.3. The summed E-state index contributed by atoms with van der Waals surface area (Å²) in [7, 11) is 1.22. The Bertz CT molecular complexity index is 650. The van der Waals surface area contributed by atoms with E-state index in [4.69, 9.17) is 4.74 Å². The van der Waals surface area contributed by atoms with Crippen molar-refractivity contribution >= 4 is 17.6 Å². The molecule has 0 saturated heterocycles. The lowest BCUT2D eigenvalue weighted by molar-refractivity contribution is -0.384. The number of hydrogen-bond acceptors (Lipinski definition) is 7. The predicted molar refractivity (Wildman–Crippen MR) is 77.6 cm³/mol. The summed E-state index contributed by atoms with van der Waals surface area (Å²) in [4.78, 5) is 33.5. The second kappa shape index (κ2) is 7.01. The lowest BCUT2D eigenvalue weighted by Gasteiger charge is -2.24. The molecule has 0 heterocycles. The van der Waals surface area contributed by atoms with Crippen molar-refractivity contribution in [3.05, 3.63) is 51.6 Å². The van der Waals surface area contributed by atoms with E-state index < -0.39 is 29.1 Å².